The molecule has 19 heavy (non-hydrogen) atoms. The van der Waals surface area contributed by atoms with Crippen LogP contribution in [0.15, 0.2) is 23.0 Å². The van der Waals surface area contributed by atoms with E-state index in [1.165, 1.54) is 0 Å². The first kappa shape index (κ1) is 14.1. The Bertz CT molecular complexity index is 405. The van der Waals surface area contributed by atoms with Crippen molar-refractivity contribution in [3.63, 3.8) is 0 Å². The van der Waals surface area contributed by atoms with Crippen LogP contribution in [0.2, 0.25) is 0 Å². The van der Waals surface area contributed by atoms with Crippen molar-refractivity contribution in [1.82, 2.24) is 9.80 Å². The number of carbonyl (C=O) groups excluding carboxylic acids is 1. The van der Waals surface area contributed by atoms with Crippen LogP contribution < -0.4 is 0 Å². The Morgan fingerprint density at radius 3 is 3.05 bits per heavy atom. The van der Waals surface area contributed by atoms with Crippen molar-refractivity contribution < 1.29 is 14.3 Å². The molecule has 1 N–H and O–H groups in total. The smallest absolute Gasteiger partial charge is 0.227 e. The molecule has 0 saturated carbocycles. The van der Waals surface area contributed by atoms with Gasteiger partial charge in [0.15, 0.2) is 0 Å². The molecule has 0 radical (unpaired) electrons. The Morgan fingerprint density at radius 1 is 1.63 bits per heavy atom. The van der Waals surface area contributed by atoms with E-state index < -0.39 is 0 Å². The minimum atomic E-state index is 0.147. The van der Waals surface area contributed by atoms with Crippen LogP contribution in [0.25, 0.3) is 0 Å². The SMILES string of the molecule is C[C@@H]1[C@H](N(C)CCO)CCN1C(=O)Cc1ccoc1. The Hall–Kier alpha value is -1.33. The molecule has 2 rings (SSSR count). The first-order chi connectivity index (χ1) is 9.13. The number of aliphatic hydroxyl groups excluding tert-OH is 1. The summed E-state index contributed by atoms with van der Waals surface area (Å²) in [6, 6.07) is 2.35. The van der Waals surface area contributed by atoms with Crippen LogP contribution in [0.3, 0.4) is 0 Å². The van der Waals surface area contributed by atoms with Crippen LogP contribution in [0, 0.1) is 0 Å². The monoisotopic (exact) mass is 266 g/mol. The Labute approximate surface area is 113 Å². The molecule has 106 valence electrons. The van der Waals surface area contributed by atoms with E-state index in [1.54, 1.807) is 12.5 Å². The van der Waals surface area contributed by atoms with Gasteiger partial charge in [-0.2, -0.15) is 0 Å². The molecule has 0 spiro atoms. The summed E-state index contributed by atoms with van der Waals surface area (Å²) < 4.78 is 4.99. The summed E-state index contributed by atoms with van der Waals surface area (Å²) in [6.45, 7) is 3.68. The highest BCUT2D eigenvalue weighted by Gasteiger charge is 2.35. The van der Waals surface area contributed by atoms with E-state index in [-0.39, 0.29) is 18.6 Å². The summed E-state index contributed by atoms with van der Waals surface area (Å²) in [4.78, 5) is 16.3. The van der Waals surface area contributed by atoms with Crippen molar-refractivity contribution in [1.29, 1.82) is 0 Å². The predicted molar refractivity (Wildman–Crippen MR) is 71.7 cm³/mol. The first-order valence-corrected chi connectivity index (χ1v) is 6.75. The summed E-state index contributed by atoms with van der Waals surface area (Å²) >= 11 is 0. The number of aliphatic hydroxyl groups is 1. The van der Waals surface area contributed by atoms with E-state index in [0.717, 1.165) is 18.5 Å². The molecule has 5 nitrogen and oxygen atoms in total. The lowest BCUT2D eigenvalue weighted by Crippen LogP contribution is -2.44. The van der Waals surface area contributed by atoms with E-state index in [0.29, 0.717) is 19.0 Å². The highest BCUT2D eigenvalue weighted by atomic mass is 16.3. The lowest BCUT2D eigenvalue weighted by Gasteiger charge is -2.30. The molecule has 1 saturated heterocycles. The predicted octanol–water partition coefficient (Wildman–Crippen LogP) is 0.736. The topological polar surface area (TPSA) is 56.9 Å². The van der Waals surface area contributed by atoms with Crippen LogP contribution in [0.5, 0.6) is 0 Å². The standard InChI is InChI=1S/C14H22N2O3/c1-11-13(15(2)6-7-17)3-5-16(11)14(18)9-12-4-8-19-10-12/h4,8,10-11,13,17H,3,5-7,9H2,1-2H3/t11-,13-/m1/s1. The van der Waals surface area contributed by atoms with Gasteiger partial charge in [0.2, 0.25) is 5.91 Å². The van der Waals surface area contributed by atoms with Crippen LogP contribution in [0.1, 0.15) is 18.9 Å². The molecule has 1 aromatic rings. The number of rotatable bonds is 5. The lowest BCUT2D eigenvalue weighted by molar-refractivity contribution is -0.131. The molecule has 1 aromatic heterocycles. The first-order valence-electron chi connectivity index (χ1n) is 6.75. The van der Waals surface area contributed by atoms with Gasteiger partial charge in [-0.3, -0.25) is 9.69 Å². The number of hydrogen-bond donors (Lipinski definition) is 1. The number of furan rings is 1. The van der Waals surface area contributed by atoms with Crippen LogP contribution in [-0.2, 0) is 11.2 Å². The van der Waals surface area contributed by atoms with Gasteiger partial charge < -0.3 is 14.4 Å². The fraction of sp³-hybridized carbons (Fsp3) is 0.643. The van der Waals surface area contributed by atoms with Crippen LogP contribution in [0.4, 0.5) is 0 Å². The van der Waals surface area contributed by atoms with E-state index in [2.05, 4.69) is 11.8 Å². The van der Waals surface area contributed by atoms with E-state index >= 15 is 0 Å². The van der Waals surface area contributed by atoms with Gasteiger partial charge in [0.05, 0.1) is 25.6 Å². The number of amides is 1. The van der Waals surface area contributed by atoms with E-state index in [9.17, 15) is 4.79 Å². The molecule has 0 unspecified atom stereocenters. The average Bonchev–Trinajstić information content (AvgIpc) is 2.98. The third-order valence-electron chi connectivity index (χ3n) is 3.99. The van der Waals surface area contributed by atoms with Gasteiger partial charge in [-0.05, 0) is 32.0 Å². The Kier molecular flexibility index (Phi) is 4.61. The summed E-state index contributed by atoms with van der Waals surface area (Å²) in [7, 11) is 2.00. The second kappa shape index (κ2) is 6.21. The molecule has 0 bridgehead atoms. The molecule has 0 aliphatic carbocycles. The molecular formula is C14H22N2O3. The summed E-state index contributed by atoms with van der Waals surface area (Å²) in [6.07, 6.45) is 4.58. The molecule has 5 heteroatoms. The number of likely N-dealkylation sites (tertiary alicyclic amines) is 1. The number of hydrogen-bond acceptors (Lipinski definition) is 4. The zero-order chi connectivity index (χ0) is 13.8. The van der Waals surface area contributed by atoms with Crippen molar-refractivity contribution >= 4 is 5.91 Å². The van der Waals surface area contributed by atoms with Gasteiger partial charge in [0, 0.05) is 25.2 Å². The van der Waals surface area contributed by atoms with E-state index in [1.807, 2.05) is 18.0 Å². The Morgan fingerprint density at radius 2 is 2.42 bits per heavy atom. The summed E-state index contributed by atoms with van der Waals surface area (Å²) in [5.74, 6) is 0.147. The van der Waals surface area contributed by atoms with Crippen molar-refractivity contribution in [3.8, 4) is 0 Å². The highest BCUT2D eigenvalue weighted by molar-refractivity contribution is 5.79. The van der Waals surface area contributed by atoms with Gasteiger partial charge in [-0.15, -0.1) is 0 Å². The van der Waals surface area contributed by atoms with Crippen LogP contribution >= 0.6 is 0 Å². The fourth-order valence-electron chi connectivity index (χ4n) is 2.86. The minimum Gasteiger partial charge on any atom is -0.472 e. The number of likely N-dealkylation sites (N-methyl/N-ethyl adjacent to an activating group) is 1. The molecule has 2 heterocycles. The minimum absolute atomic E-state index is 0.147. The quantitative estimate of drug-likeness (QED) is 0.854. The zero-order valence-electron chi connectivity index (χ0n) is 11.6. The third kappa shape index (κ3) is 3.16. The third-order valence-corrected chi connectivity index (χ3v) is 3.99. The van der Waals surface area contributed by atoms with Gasteiger partial charge in [0.25, 0.3) is 0 Å². The maximum Gasteiger partial charge on any atom is 0.227 e. The van der Waals surface area contributed by atoms with Gasteiger partial charge in [-0.1, -0.05) is 0 Å². The second-order valence-electron chi connectivity index (χ2n) is 5.20. The van der Waals surface area contributed by atoms with Crippen molar-refractivity contribution in [3.05, 3.63) is 24.2 Å². The molecule has 1 aliphatic rings. The number of nitrogens with zero attached hydrogens (tertiary/aromatic N) is 2. The maximum absolute atomic E-state index is 12.3. The van der Waals surface area contributed by atoms with Crippen molar-refractivity contribution in [2.75, 3.05) is 26.7 Å². The molecule has 2 atom stereocenters. The van der Waals surface area contributed by atoms with Gasteiger partial charge >= 0.3 is 0 Å². The molecule has 1 fully saturated rings. The lowest BCUT2D eigenvalue weighted by atomic mass is 10.1. The highest BCUT2D eigenvalue weighted by Crippen LogP contribution is 2.22. The Balaban J connectivity index is 1.93. The molecular weight excluding hydrogens is 244 g/mol. The van der Waals surface area contributed by atoms with Crippen molar-refractivity contribution in [2.45, 2.75) is 31.8 Å². The normalized spacial score (nSPS) is 23.3. The summed E-state index contributed by atoms with van der Waals surface area (Å²) in [5.41, 5.74) is 0.921. The largest absolute Gasteiger partial charge is 0.472 e. The fourth-order valence-corrected chi connectivity index (χ4v) is 2.86. The van der Waals surface area contributed by atoms with Gasteiger partial charge in [-0.25, -0.2) is 0 Å². The molecule has 1 amide bonds. The van der Waals surface area contributed by atoms with E-state index in [4.69, 9.17) is 9.52 Å². The van der Waals surface area contributed by atoms with Gasteiger partial charge in [0.1, 0.15) is 0 Å². The average molecular weight is 266 g/mol. The number of carbonyl (C=O) groups is 1. The molecule has 0 aromatic carbocycles. The summed E-state index contributed by atoms with van der Waals surface area (Å²) in [5, 5.41) is 9.00. The zero-order valence-corrected chi connectivity index (χ0v) is 11.6. The van der Waals surface area contributed by atoms with Crippen molar-refractivity contribution in [2.24, 2.45) is 0 Å². The molecule has 1 aliphatic heterocycles. The second-order valence-corrected chi connectivity index (χ2v) is 5.20. The maximum atomic E-state index is 12.3. The van der Waals surface area contributed by atoms with Crippen LogP contribution in [-0.4, -0.2) is 59.6 Å².